The maximum absolute atomic E-state index is 5.91. The number of aryl methyl sites for hydroxylation is 1. The van der Waals surface area contributed by atoms with Gasteiger partial charge in [-0.2, -0.15) is 0 Å². The molecular formula is C16H16Cl2N2OS. The molecule has 0 bridgehead atoms. The van der Waals surface area contributed by atoms with E-state index in [-0.39, 0.29) is 12.4 Å². The van der Waals surface area contributed by atoms with Crippen LogP contribution in [0.3, 0.4) is 0 Å². The summed E-state index contributed by atoms with van der Waals surface area (Å²) in [5.41, 5.74) is 2.13. The summed E-state index contributed by atoms with van der Waals surface area (Å²) in [4.78, 5) is 2.54. The Morgan fingerprint density at radius 3 is 2.59 bits per heavy atom. The predicted molar refractivity (Wildman–Crippen MR) is 93.8 cm³/mol. The lowest BCUT2D eigenvalue weighted by molar-refractivity contribution is 0.388. The molecule has 0 fully saturated rings. The number of hydrogen-bond acceptors (Lipinski definition) is 4. The molecule has 6 heteroatoms. The number of thiophene rings is 1. The van der Waals surface area contributed by atoms with Crippen LogP contribution in [0.2, 0.25) is 5.02 Å². The Labute approximate surface area is 144 Å². The van der Waals surface area contributed by atoms with Crippen LogP contribution in [0, 0.1) is 6.92 Å². The molecule has 0 saturated carbocycles. The number of rotatable bonds is 5. The highest BCUT2D eigenvalue weighted by atomic mass is 35.5. The minimum atomic E-state index is 0. The van der Waals surface area contributed by atoms with Crippen LogP contribution in [0.25, 0.3) is 10.4 Å². The fourth-order valence-electron chi connectivity index (χ4n) is 2.06. The van der Waals surface area contributed by atoms with Crippen LogP contribution in [0.5, 0.6) is 0 Å². The lowest BCUT2D eigenvalue weighted by Crippen LogP contribution is -2.11. The number of aromatic nitrogens is 1. The molecule has 0 saturated heterocycles. The molecule has 1 N–H and O–H groups in total. The zero-order chi connectivity index (χ0) is 14.7. The third-order valence-corrected chi connectivity index (χ3v) is 4.46. The minimum absolute atomic E-state index is 0. The highest BCUT2D eigenvalue weighted by molar-refractivity contribution is 7.15. The molecule has 3 rings (SSSR count). The molecule has 1 aromatic carbocycles. The third kappa shape index (κ3) is 4.34. The Morgan fingerprint density at radius 1 is 1.14 bits per heavy atom. The van der Waals surface area contributed by atoms with Gasteiger partial charge in [-0.1, -0.05) is 28.9 Å². The highest BCUT2D eigenvalue weighted by Gasteiger charge is 2.04. The van der Waals surface area contributed by atoms with E-state index in [9.17, 15) is 0 Å². The number of nitrogens with zero attached hydrogens (tertiary/aromatic N) is 1. The summed E-state index contributed by atoms with van der Waals surface area (Å²) in [6.07, 6.45) is 0. The number of halogens is 2. The molecule has 0 aliphatic carbocycles. The van der Waals surface area contributed by atoms with E-state index in [1.54, 1.807) is 11.3 Å². The topological polar surface area (TPSA) is 38.1 Å². The fourth-order valence-corrected chi connectivity index (χ4v) is 3.17. The molecule has 3 aromatic rings. The Kier molecular flexibility index (Phi) is 6.03. The molecule has 0 spiro atoms. The Hall–Kier alpha value is -1.33. The van der Waals surface area contributed by atoms with E-state index in [0.29, 0.717) is 6.54 Å². The molecule has 0 radical (unpaired) electrons. The van der Waals surface area contributed by atoms with Crippen LogP contribution in [0.4, 0.5) is 0 Å². The molecule has 0 unspecified atom stereocenters. The van der Waals surface area contributed by atoms with Crippen molar-refractivity contribution in [2.45, 2.75) is 20.0 Å². The largest absolute Gasteiger partial charge is 0.361 e. The molecule has 3 nitrogen and oxygen atoms in total. The lowest BCUT2D eigenvalue weighted by atomic mass is 10.2. The maximum Gasteiger partial charge on any atom is 0.133 e. The second-order valence-corrected chi connectivity index (χ2v) is 6.41. The van der Waals surface area contributed by atoms with Crippen molar-refractivity contribution >= 4 is 35.3 Å². The van der Waals surface area contributed by atoms with E-state index in [4.69, 9.17) is 16.1 Å². The van der Waals surface area contributed by atoms with Crippen LogP contribution in [-0.4, -0.2) is 5.16 Å². The van der Waals surface area contributed by atoms with Gasteiger partial charge in [0.1, 0.15) is 5.76 Å². The Balaban J connectivity index is 0.00000176. The van der Waals surface area contributed by atoms with Crippen molar-refractivity contribution in [2.75, 3.05) is 0 Å². The van der Waals surface area contributed by atoms with E-state index in [1.807, 2.05) is 37.3 Å². The van der Waals surface area contributed by atoms with Crippen molar-refractivity contribution < 1.29 is 4.52 Å². The molecule has 0 aliphatic heterocycles. The zero-order valence-electron chi connectivity index (χ0n) is 12.0. The molecular weight excluding hydrogens is 339 g/mol. The summed E-state index contributed by atoms with van der Waals surface area (Å²) >= 11 is 7.70. The molecule has 0 aliphatic rings. The van der Waals surface area contributed by atoms with Crippen LogP contribution in [0.15, 0.2) is 47.0 Å². The van der Waals surface area contributed by atoms with Crippen LogP contribution in [-0.2, 0) is 13.1 Å². The van der Waals surface area contributed by atoms with Gasteiger partial charge in [-0.25, -0.2) is 0 Å². The van der Waals surface area contributed by atoms with Gasteiger partial charge in [-0.3, -0.25) is 0 Å². The predicted octanol–water partition coefficient (Wildman–Crippen LogP) is 5.08. The SMILES string of the molecule is Cc1cc(CNCc2ccc(-c3ccc(Cl)cc3)s2)no1.Cl. The number of hydrogen-bond donors (Lipinski definition) is 1. The molecule has 0 amide bonds. The smallest absolute Gasteiger partial charge is 0.133 e. The quantitative estimate of drug-likeness (QED) is 0.694. The second kappa shape index (κ2) is 7.79. The van der Waals surface area contributed by atoms with Gasteiger partial charge in [0, 0.05) is 33.9 Å². The summed E-state index contributed by atoms with van der Waals surface area (Å²) in [6, 6.07) is 14.2. The molecule has 116 valence electrons. The van der Waals surface area contributed by atoms with Gasteiger partial charge in [-0.15, -0.1) is 23.7 Å². The minimum Gasteiger partial charge on any atom is -0.361 e. The zero-order valence-corrected chi connectivity index (χ0v) is 14.4. The molecule has 0 atom stereocenters. The van der Waals surface area contributed by atoms with E-state index in [2.05, 4.69) is 22.6 Å². The first-order valence-corrected chi connectivity index (χ1v) is 7.88. The average molecular weight is 355 g/mol. The van der Waals surface area contributed by atoms with Crippen molar-refractivity contribution in [3.05, 3.63) is 63.8 Å². The van der Waals surface area contributed by atoms with E-state index in [0.717, 1.165) is 23.0 Å². The summed E-state index contributed by atoms with van der Waals surface area (Å²) in [6.45, 7) is 3.43. The van der Waals surface area contributed by atoms with Gasteiger partial charge in [0.25, 0.3) is 0 Å². The van der Waals surface area contributed by atoms with Crippen molar-refractivity contribution in [3.8, 4) is 10.4 Å². The van der Waals surface area contributed by atoms with Crippen molar-refractivity contribution in [1.82, 2.24) is 10.5 Å². The lowest BCUT2D eigenvalue weighted by Gasteiger charge is -1.99. The number of nitrogens with one attached hydrogen (secondary N) is 1. The van der Waals surface area contributed by atoms with Gasteiger partial charge in [0.05, 0.1) is 5.69 Å². The van der Waals surface area contributed by atoms with E-state index in [1.165, 1.54) is 15.3 Å². The fraction of sp³-hybridized carbons (Fsp3) is 0.188. The third-order valence-electron chi connectivity index (χ3n) is 3.07. The van der Waals surface area contributed by atoms with Crippen LogP contribution >= 0.6 is 35.3 Å². The average Bonchev–Trinajstić information content (AvgIpc) is 3.09. The van der Waals surface area contributed by atoms with Gasteiger partial charge in [0.15, 0.2) is 0 Å². The van der Waals surface area contributed by atoms with Crippen LogP contribution < -0.4 is 5.32 Å². The van der Waals surface area contributed by atoms with Gasteiger partial charge in [0.2, 0.25) is 0 Å². The Bertz CT molecular complexity index is 722. The van der Waals surface area contributed by atoms with Crippen molar-refractivity contribution in [2.24, 2.45) is 0 Å². The van der Waals surface area contributed by atoms with Gasteiger partial charge >= 0.3 is 0 Å². The summed E-state index contributed by atoms with van der Waals surface area (Å²) < 4.78 is 5.04. The normalized spacial score (nSPS) is 10.5. The van der Waals surface area contributed by atoms with Gasteiger partial charge in [-0.05, 0) is 36.8 Å². The first-order valence-electron chi connectivity index (χ1n) is 6.68. The Morgan fingerprint density at radius 2 is 1.91 bits per heavy atom. The first kappa shape index (κ1) is 17.0. The summed E-state index contributed by atoms with van der Waals surface area (Å²) in [5, 5.41) is 8.10. The highest BCUT2D eigenvalue weighted by Crippen LogP contribution is 2.28. The molecule has 22 heavy (non-hydrogen) atoms. The van der Waals surface area contributed by atoms with Crippen molar-refractivity contribution in [1.29, 1.82) is 0 Å². The van der Waals surface area contributed by atoms with Crippen molar-refractivity contribution in [3.63, 3.8) is 0 Å². The maximum atomic E-state index is 5.91. The van der Waals surface area contributed by atoms with Crippen LogP contribution in [0.1, 0.15) is 16.3 Å². The second-order valence-electron chi connectivity index (χ2n) is 4.81. The molecule has 2 aromatic heterocycles. The number of benzene rings is 1. The standard InChI is InChI=1S/C16H15ClN2OS.ClH/c1-11-8-14(19-20-11)9-18-10-15-6-7-16(21-15)12-2-4-13(17)5-3-12;/h2-8,18H,9-10H2,1H3;1H. The molecule has 2 heterocycles. The summed E-state index contributed by atoms with van der Waals surface area (Å²) in [5.74, 6) is 0.841. The van der Waals surface area contributed by atoms with E-state index >= 15 is 0 Å². The van der Waals surface area contributed by atoms with E-state index < -0.39 is 0 Å². The summed E-state index contributed by atoms with van der Waals surface area (Å²) in [7, 11) is 0. The monoisotopic (exact) mass is 354 g/mol. The van der Waals surface area contributed by atoms with Gasteiger partial charge < -0.3 is 9.84 Å². The first-order chi connectivity index (χ1) is 10.2.